The number of aldehydes is 1. The highest BCUT2D eigenvalue weighted by atomic mass is 16.1. The third-order valence-electron chi connectivity index (χ3n) is 3.98. The molecule has 1 aliphatic heterocycles. The van der Waals surface area contributed by atoms with Crippen molar-refractivity contribution in [3.63, 3.8) is 0 Å². The molecule has 1 saturated heterocycles. The minimum absolute atomic E-state index is 0.797. The fraction of sp³-hybridized carbons (Fsp3) is 0.562. The molecule has 0 amide bonds. The Morgan fingerprint density at radius 1 is 1.32 bits per heavy atom. The van der Waals surface area contributed by atoms with Crippen LogP contribution in [0.25, 0.3) is 0 Å². The fourth-order valence-corrected chi connectivity index (χ4v) is 2.88. The summed E-state index contributed by atoms with van der Waals surface area (Å²) in [4.78, 5) is 15.6. The summed E-state index contributed by atoms with van der Waals surface area (Å²) >= 11 is 0. The number of carbonyl (C=O) groups excluding carboxylic acids is 1. The Hall–Kier alpha value is -1.35. The molecular formula is C16H24N2O. The van der Waals surface area contributed by atoms with E-state index in [0.717, 1.165) is 36.4 Å². The highest BCUT2D eigenvalue weighted by Gasteiger charge is 2.20. The number of benzene rings is 1. The summed E-state index contributed by atoms with van der Waals surface area (Å²) in [6.07, 6.45) is 3.45. The van der Waals surface area contributed by atoms with Crippen molar-refractivity contribution < 1.29 is 4.79 Å². The van der Waals surface area contributed by atoms with E-state index >= 15 is 0 Å². The van der Waals surface area contributed by atoms with Crippen molar-refractivity contribution in [3.05, 3.63) is 29.3 Å². The minimum Gasteiger partial charge on any atom is -0.372 e. The summed E-state index contributed by atoms with van der Waals surface area (Å²) in [5.41, 5.74) is 3.13. The Labute approximate surface area is 116 Å². The quantitative estimate of drug-likeness (QED) is 0.777. The van der Waals surface area contributed by atoms with E-state index in [0.29, 0.717) is 0 Å². The first kappa shape index (κ1) is 14.1. The number of hydrogen-bond donors (Lipinski definition) is 0. The summed E-state index contributed by atoms with van der Waals surface area (Å²) in [7, 11) is 4.29. The Morgan fingerprint density at radius 2 is 2.00 bits per heavy atom. The second-order valence-corrected chi connectivity index (χ2v) is 5.85. The molecule has 0 atom stereocenters. The number of piperidine rings is 1. The number of hydrogen-bond acceptors (Lipinski definition) is 3. The van der Waals surface area contributed by atoms with E-state index in [1.807, 2.05) is 13.0 Å². The lowest BCUT2D eigenvalue weighted by Crippen LogP contribution is -2.37. The van der Waals surface area contributed by atoms with Gasteiger partial charge in [0.05, 0.1) is 0 Å². The lowest BCUT2D eigenvalue weighted by atomic mass is 9.95. The highest BCUT2D eigenvalue weighted by molar-refractivity contribution is 5.78. The Morgan fingerprint density at radius 3 is 2.53 bits per heavy atom. The van der Waals surface area contributed by atoms with Crippen LogP contribution in [0.4, 0.5) is 5.69 Å². The SMILES string of the molecule is Cc1cc(N2CCC(CN(C)C)CC2)ccc1C=O. The predicted octanol–water partition coefficient (Wildman–Crippen LogP) is 2.59. The van der Waals surface area contributed by atoms with E-state index in [1.165, 1.54) is 25.1 Å². The van der Waals surface area contributed by atoms with Gasteiger partial charge < -0.3 is 9.80 Å². The summed E-state index contributed by atoms with van der Waals surface area (Å²) in [6.45, 7) is 5.44. The van der Waals surface area contributed by atoms with E-state index in [1.54, 1.807) is 0 Å². The molecular weight excluding hydrogens is 236 g/mol. The lowest BCUT2D eigenvalue weighted by Gasteiger charge is -2.35. The average Bonchev–Trinajstić information content (AvgIpc) is 2.39. The van der Waals surface area contributed by atoms with Crippen LogP contribution in [0.5, 0.6) is 0 Å². The first-order valence-electron chi connectivity index (χ1n) is 7.05. The molecule has 0 saturated carbocycles. The number of rotatable bonds is 4. The van der Waals surface area contributed by atoms with Gasteiger partial charge >= 0.3 is 0 Å². The van der Waals surface area contributed by atoms with Crippen molar-refractivity contribution in [1.29, 1.82) is 0 Å². The van der Waals surface area contributed by atoms with Crippen LogP contribution in [0, 0.1) is 12.8 Å². The molecule has 0 unspecified atom stereocenters. The Kier molecular flexibility index (Phi) is 4.59. The van der Waals surface area contributed by atoms with Crippen molar-refractivity contribution in [3.8, 4) is 0 Å². The number of aryl methyl sites for hydroxylation is 1. The monoisotopic (exact) mass is 260 g/mol. The molecule has 0 aliphatic carbocycles. The van der Waals surface area contributed by atoms with Crippen molar-refractivity contribution in [2.75, 3.05) is 38.6 Å². The molecule has 1 aromatic rings. The minimum atomic E-state index is 0.797. The molecule has 0 N–H and O–H groups in total. The van der Waals surface area contributed by atoms with Gasteiger partial charge in [0.2, 0.25) is 0 Å². The van der Waals surface area contributed by atoms with Crippen molar-refractivity contribution in [1.82, 2.24) is 4.90 Å². The maximum absolute atomic E-state index is 10.8. The van der Waals surface area contributed by atoms with Crippen LogP contribution in [0.1, 0.15) is 28.8 Å². The standard InChI is InChI=1S/C16H24N2O/c1-13-10-16(5-4-15(13)12-19)18-8-6-14(7-9-18)11-17(2)3/h4-5,10,12,14H,6-9,11H2,1-3H3. The molecule has 3 nitrogen and oxygen atoms in total. The zero-order valence-electron chi connectivity index (χ0n) is 12.2. The van der Waals surface area contributed by atoms with Crippen LogP contribution in [-0.2, 0) is 0 Å². The molecule has 1 aliphatic rings. The second-order valence-electron chi connectivity index (χ2n) is 5.85. The summed E-state index contributed by atoms with van der Waals surface area (Å²) in [6, 6.07) is 6.14. The first-order chi connectivity index (χ1) is 9.10. The van der Waals surface area contributed by atoms with E-state index in [9.17, 15) is 4.79 Å². The van der Waals surface area contributed by atoms with Gasteiger partial charge in [-0.1, -0.05) is 0 Å². The van der Waals surface area contributed by atoms with Crippen molar-refractivity contribution in [2.24, 2.45) is 5.92 Å². The van der Waals surface area contributed by atoms with Gasteiger partial charge in [0.25, 0.3) is 0 Å². The highest BCUT2D eigenvalue weighted by Crippen LogP contribution is 2.25. The number of carbonyl (C=O) groups is 1. The normalized spacial score (nSPS) is 16.9. The van der Waals surface area contributed by atoms with Crippen LogP contribution in [-0.4, -0.2) is 44.9 Å². The van der Waals surface area contributed by atoms with Crippen LogP contribution in [0.15, 0.2) is 18.2 Å². The molecule has 0 spiro atoms. The molecule has 1 aromatic carbocycles. The summed E-state index contributed by atoms with van der Waals surface area (Å²) < 4.78 is 0. The lowest BCUT2D eigenvalue weighted by molar-refractivity contribution is 0.112. The van der Waals surface area contributed by atoms with E-state index in [2.05, 4.69) is 36.0 Å². The van der Waals surface area contributed by atoms with Gasteiger partial charge in [-0.3, -0.25) is 4.79 Å². The number of nitrogens with zero attached hydrogens (tertiary/aromatic N) is 2. The summed E-state index contributed by atoms with van der Waals surface area (Å²) in [5.74, 6) is 0.821. The van der Waals surface area contributed by atoms with Gasteiger partial charge in [0, 0.05) is 30.9 Å². The van der Waals surface area contributed by atoms with Crippen LogP contribution in [0.3, 0.4) is 0 Å². The number of anilines is 1. The van der Waals surface area contributed by atoms with E-state index in [-0.39, 0.29) is 0 Å². The fourth-order valence-electron chi connectivity index (χ4n) is 2.88. The molecule has 0 bridgehead atoms. The molecule has 1 heterocycles. The topological polar surface area (TPSA) is 23.6 Å². The van der Waals surface area contributed by atoms with Gasteiger partial charge in [-0.15, -0.1) is 0 Å². The van der Waals surface area contributed by atoms with Crippen LogP contribution >= 0.6 is 0 Å². The first-order valence-corrected chi connectivity index (χ1v) is 7.05. The van der Waals surface area contributed by atoms with Crippen molar-refractivity contribution >= 4 is 12.0 Å². The molecule has 1 fully saturated rings. The van der Waals surface area contributed by atoms with Crippen LogP contribution in [0.2, 0.25) is 0 Å². The largest absolute Gasteiger partial charge is 0.372 e. The smallest absolute Gasteiger partial charge is 0.150 e. The van der Waals surface area contributed by atoms with Gasteiger partial charge in [-0.05, 0) is 63.5 Å². The van der Waals surface area contributed by atoms with E-state index < -0.39 is 0 Å². The van der Waals surface area contributed by atoms with Crippen LogP contribution < -0.4 is 4.90 Å². The van der Waals surface area contributed by atoms with Crippen molar-refractivity contribution in [2.45, 2.75) is 19.8 Å². The molecule has 2 rings (SSSR count). The molecule has 0 radical (unpaired) electrons. The zero-order chi connectivity index (χ0) is 13.8. The van der Waals surface area contributed by atoms with Gasteiger partial charge in [-0.2, -0.15) is 0 Å². The maximum atomic E-state index is 10.8. The second kappa shape index (κ2) is 6.20. The summed E-state index contributed by atoms with van der Waals surface area (Å²) in [5, 5.41) is 0. The maximum Gasteiger partial charge on any atom is 0.150 e. The average molecular weight is 260 g/mol. The van der Waals surface area contributed by atoms with Gasteiger partial charge in [0.15, 0.2) is 0 Å². The van der Waals surface area contributed by atoms with Gasteiger partial charge in [0.1, 0.15) is 6.29 Å². The van der Waals surface area contributed by atoms with E-state index in [4.69, 9.17) is 0 Å². The third-order valence-corrected chi connectivity index (χ3v) is 3.98. The predicted molar refractivity (Wildman–Crippen MR) is 80.1 cm³/mol. The Balaban J connectivity index is 1.97. The molecule has 3 heteroatoms. The molecule has 19 heavy (non-hydrogen) atoms. The van der Waals surface area contributed by atoms with Gasteiger partial charge in [-0.25, -0.2) is 0 Å². The zero-order valence-corrected chi connectivity index (χ0v) is 12.2. The molecule has 0 aromatic heterocycles. The third kappa shape index (κ3) is 3.57. The molecule has 104 valence electrons. The Bertz CT molecular complexity index is 434.